The van der Waals surface area contributed by atoms with Gasteiger partial charge in [-0.05, 0) is 77.4 Å². The van der Waals surface area contributed by atoms with Crippen molar-refractivity contribution in [3.8, 4) is 16.8 Å². The van der Waals surface area contributed by atoms with Crippen molar-refractivity contribution in [3.63, 3.8) is 0 Å². The molecule has 5 heteroatoms. The predicted molar refractivity (Wildman–Crippen MR) is 224 cm³/mol. The van der Waals surface area contributed by atoms with Crippen LogP contribution in [0.25, 0.3) is 60.5 Å². The van der Waals surface area contributed by atoms with Gasteiger partial charge >= 0.3 is 0 Å². The standard InChI is InChI=1S/C47H36N4S/c1-31-12-5-6-15-35(31)45-42(27-26-39-37-16-7-9-20-43(37)51(46(39)45)34-13-3-2-4-14-34)50-30-49-41(28-29-48)33-24-22-32(23-25-33)36-18-11-19-40-38-17-8-10-21-44(38)52-47(36)40/h2-17,19-30,36,48H,18H2,1H3,(H,49,50)/b41-28-,48-29?. The molecular formula is C47H36N4S. The van der Waals surface area contributed by atoms with Crippen molar-refractivity contribution in [2.24, 2.45) is 4.99 Å². The van der Waals surface area contributed by atoms with Crippen molar-refractivity contribution in [1.82, 2.24) is 4.57 Å². The molecule has 1 atom stereocenters. The Morgan fingerprint density at radius 1 is 0.788 bits per heavy atom. The van der Waals surface area contributed by atoms with Gasteiger partial charge in [0, 0.05) is 55.0 Å². The summed E-state index contributed by atoms with van der Waals surface area (Å²) in [6, 6.07) is 49.6. The summed E-state index contributed by atoms with van der Waals surface area (Å²) >= 11 is 1.91. The normalized spacial score (nSPS) is 14.4. The number of benzene rings is 6. The lowest BCUT2D eigenvalue weighted by atomic mass is 9.87. The third kappa shape index (κ3) is 5.47. The van der Waals surface area contributed by atoms with Gasteiger partial charge in [-0.15, -0.1) is 11.3 Å². The van der Waals surface area contributed by atoms with Crippen LogP contribution in [0.15, 0.2) is 157 Å². The predicted octanol–water partition coefficient (Wildman–Crippen LogP) is 12.7. The lowest BCUT2D eigenvalue weighted by Gasteiger charge is -2.19. The molecule has 0 aliphatic heterocycles. The molecule has 9 rings (SSSR count). The van der Waals surface area contributed by atoms with Gasteiger partial charge in [0.05, 0.1) is 23.1 Å². The summed E-state index contributed by atoms with van der Waals surface area (Å²) in [5, 5.41) is 15.2. The van der Waals surface area contributed by atoms with Crippen molar-refractivity contribution in [2.75, 3.05) is 5.32 Å². The number of nitrogens with zero attached hydrogens (tertiary/aromatic N) is 2. The molecule has 6 aromatic carbocycles. The summed E-state index contributed by atoms with van der Waals surface area (Å²) < 4.78 is 3.71. The molecule has 1 aliphatic carbocycles. The van der Waals surface area contributed by atoms with E-state index in [1.807, 2.05) is 11.3 Å². The number of nitrogens with one attached hydrogen (secondary N) is 2. The van der Waals surface area contributed by atoms with Crippen LogP contribution in [0.3, 0.4) is 0 Å². The Morgan fingerprint density at radius 2 is 1.54 bits per heavy atom. The molecule has 0 saturated carbocycles. The molecule has 1 aliphatic rings. The number of para-hydroxylation sites is 2. The number of thiophene rings is 1. The van der Waals surface area contributed by atoms with Gasteiger partial charge in [0.15, 0.2) is 0 Å². The summed E-state index contributed by atoms with van der Waals surface area (Å²) in [6.45, 7) is 2.17. The second kappa shape index (κ2) is 13.4. The third-order valence-corrected chi connectivity index (χ3v) is 11.5. The van der Waals surface area contributed by atoms with Gasteiger partial charge in [0.1, 0.15) is 0 Å². The van der Waals surface area contributed by atoms with Gasteiger partial charge in [0.25, 0.3) is 0 Å². The van der Waals surface area contributed by atoms with Gasteiger partial charge in [-0.25, -0.2) is 4.99 Å². The van der Waals surface area contributed by atoms with Crippen LogP contribution in [0.2, 0.25) is 0 Å². The molecule has 0 spiro atoms. The molecule has 0 radical (unpaired) electrons. The molecule has 2 N–H and O–H groups in total. The quantitative estimate of drug-likeness (QED) is 0.121. The zero-order valence-corrected chi connectivity index (χ0v) is 29.6. The molecule has 8 aromatic rings. The van der Waals surface area contributed by atoms with Crippen LogP contribution in [0.5, 0.6) is 0 Å². The number of fused-ring (bicyclic) bond motifs is 6. The fourth-order valence-corrected chi connectivity index (χ4v) is 9.06. The number of hydrogen-bond acceptors (Lipinski definition) is 3. The highest BCUT2D eigenvalue weighted by Gasteiger charge is 2.24. The highest BCUT2D eigenvalue weighted by Crippen LogP contribution is 2.45. The summed E-state index contributed by atoms with van der Waals surface area (Å²) in [5.41, 5.74) is 12.2. The number of aromatic nitrogens is 1. The molecule has 52 heavy (non-hydrogen) atoms. The Kier molecular flexibility index (Phi) is 8.18. The van der Waals surface area contributed by atoms with Crippen LogP contribution < -0.4 is 5.32 Å². The summed E-state index contributed by atoms with van der Waals surface area (Å²) in [6.07, 6.45) is 10.4. The lowest BCUT2D eigenvalue weighted by Crippen LogP contribution is -2.03. The first kappa shape index (κ1) is 31.7. The number of allylic oxidation sites excluding steroid dienone is 2. The Balaban J connectivity index is 1.09. The molecule has 0 bridgehead atoms. The van der Waals surface area contributed by atoms with Gasteiger partial charge in [-0.3, -0.25) is 0 Å². The fraction of sp³-hybridized carbons (Fsp3) is 0.0638. The molecule has 1 unspecified atom stereocenters. The van der Waals surface area contributed by atoms with E-state index in [2.05, 4.69) is 168 Å². The first-order valence-corrected chi connectivity index (χ1v) is 18.5. The van der Waals surface area contributed by atoms with E-state index in [-0.39, 0.29) is 0 Å². The fourth-order valence-electron chi connectivity index (χ4n) is 7.73. The molecule has 2 aromatic heterocycles. The molecule has 4 nitrogen and oxygen atoms in total. The van der Waals surface area contributed by atoms with E-state index in [0.717, 1.165) is 51.2 Å². The monoisotopic (exact) mass is 688 g/mol. The number of anilines is 1. The molecule has 2 heterocycles. The van der Waals surface area contributed by atoms with Crippen molar-refractivity contribution in [3.05, 3.63) is 179 Å². The minimum absolute atomic E-state index is 0.327. The SMILES string of the molecule is Cc1ccccc1-c1c(NC=N/C(=C\C=N)c2ccc(C3CC=Cc4c3sc3ccccc43)cc2)ccc2c3ccccc3n(-c3ccccc3)c12. The number of aliphatic imine (C=N–C) groups is 1. The van der Waals surface area contributed by atoms with E-state index in [4.69, 9.17) is 10.4 Å². The molecule has 0 saturated heterocycles. The largest absolute Gasteiger partial charge is 0.346 e. The molecule has 250 valence electrons. The van der Waals surface area contributed by atoms with Crippen LogP contribution in [0.1, 0.15) is 39.5 Å². The van der Waals surface area contributed by atoms with Crippen LogP contribution in [-0.4, -0.2) is 17.1 Å². The summed E-state index contributed by atoms with van der Waals surface area (Å²) in [4.78, 5) is 6.34. The van der Waals surface area contributed by atoms with Crippen molar-refractivity contribution < 1.29 is 0 Å². The van der Waals surface area contributed by atoms with Crippen LogP contribution in [-0.2, 0) is 0 Å². The van der Waals surface area contributed by atoms with Gasteiger partial charge in [-0.1, -0.05) is 121 Å². The Bertz CT molecular complexity index is 2710. The van der Waals surface area contributed by atoms with E-state index in [1.54, 1.807) is 12.4 Å². The topological polar surface area (TPSA) is 53.2 Å². The van der Waals surface area contributed by atoms with Gasteiger partial charge < -0.3 is 15.3 Å². The van der Waals surface area contributed by atoms with Gasteiger partial charge in [-0.2, -0.15) is 0 Å². The van der Waals surface area contributed by atoms with E-state index in [0.29, 0.717) is 5.92 Å². The second-order valence-electron chi connectivity index (χ2n) is 13.2. The number of aryl methyl sites for hydroxylation is 1. The maximum atomic E-state index is 7.93. The zero-order valence-electron chi connectivity index (χ0n) is 28.8. The minimum atomic E-state index is 0.327. The van der Waals surface area contributed by atoms with E-state index >= 15 is 0 Å². The highest BCUT2D eigenvalue weighted by atomic mass is 32.1. The van der Waals surface area contributed by atoms with Crippen molar-refractivity contribution in [2.45, 2.75) is 19.3 Å². The Morgan fingerprint density at radius 3 is 2.37 bits per heavy atom. The van der Waals surface area contributed by atoms with Crippen LogP contribution in [0, 0.1) is 12.3 Å². The minimum Gasteiger partial charge on any atom is -0.346 e. The van der Waals surface area contributed by atoms with Crippen molar-refractivity contribution in [1.29, 1.82) is 5.41 Å². The van der Waals surface area contributed by atoms with Crippen LogP contribution >= 0.6 is 11.3 Å². The molecule has 0 amide bonds. The molecular weight excluding hydrogens is 653 g/mol. The zero-order chi connectivity index (χ0) is 35.0. The smallest absolute Gasteiger partial charge is 0.0930 e. The molecule has 0 fully saturated rings. The van der Waals surface area contributed by atoms with Crippen LogP contribution in [0.4, 0.5) is 5.69 Å². The van der Waals surface area contributed by atoms with E-state index in [9.17, 15) is 0 Å². The Hall–Kier alpha value is -6.30. The Labute approximate surface area is 307 Å². The maximum absolute atomic E-state index is 7.93. The highest BCUT2D eigenvalue weighted by molar-refractivity contribution is 7.19. The average Bonchev–Trinajstić information content (AvgIpc) is 3.74. The van der Waals surface area contributed by atoms with E-state index < -0.39 is 0 Å². The van der Waals surface area contributed by atoms with E-state index in [1.165, 1.54) is 48.6 Å². The third-order valence-electron chi connectivity index (χ3n) is 10.2. The lowest BCUT2D eigenvalue weighted by molar-refractivity contribution is 0.840. The maximum Gasteiger partial charge on any atom is 0.0930 e. The number of rotatable bonds is 8. The van der Waals surface area contributed by atoms with Crippen molar-refractivity contribution >= 4 is 73.2 Å². The summed E-state index contributed by atoms with van der Waals surface area (Å²) in [5.74, 6) is 0.327. The first-order valence-electron chi connectivity index (χ1n) is 17.7. The first-order chi connectivity index (χ1) is 25.7. The summed E-state index contributed by atoms with van der Waals surface area (Å²) in [7, 11) is 0. The number of hydrogen-bond donors (Lipinski definition) is 2. The van der Waals surface area contributed by atoms with Gasteiger partial charge in [0.2, 0.25) is 0 Å². The average molecular weight is 689 g/mol. The second-order valence-corrected chi connectivity index (χ2v) is 14.3.